The number of aryl methyl sites for hydroxylation is 1. The third kappa shape index (κ3) is 2.93. The second kappa shape index (κ2) is 5.40. The predicted molar refractivity (Wildman–Crippen MR) is 71.2 cm³/mol. The van der Waals surface area contributed by atoms with Gasteiger partial charge in [0.15, 0.2) is 11.2 Å². The van der Waals surface area contributed by atoms with Crippen molar-refractivity contribution in [2.24, 2.45) is 0 Å². The molecule has 0 spiro atoms. The van der Waals surface area contributed by atoms with Gasteiger partial charge in [-0.2, -0.15) is 13.2 Å². The number of alkyl halides is 3. The quantitative estimate of drug-likeness (QED) is 0.661. The number of anilines is 1. The molecule has 22 heavy (non-hydrogen) atoms. The number of aromatic amines is 1. The van der Waals surface area contributed by atoms with E-state index in [4.69, 9.17) is 16.6 Å². The second-order valence-corrected chi connectivity index (χ2v) is 4.67. The van der Waals surface area contributed by atoms with Crippen LogP contribution in [0, 0.1) is 11.7 Å². The number of nitrogens with one attached hydrogen (secondary N) is 2. The topological polar surface area (TPSA) is 92.9 Å². The molecule has 0 atom stereocenters. The fraction of sp³-hybridized carbons (Fsp3) is 0.273. The zero-order valence-electron chi connectivity index (χ0n) is 11.2. The lowest BCUT2D eigenvalue weighted by atomic mass is 10.2. The molecule has 2 N–H and O–H groups in total. The number of hydrogen-bond donors (Lipinski definition) is 2. The molecule has 118 valence electrons. The lowest BCUT2D eigenvalue weighted by Crippen LogP contribution is -2.24. The van der Waals surface area contributed by atoms with Gasteiger partial charge in [0.25, 0.3) is 5.82 Å². The Kier molecular flexibility index (Phi) is 3.92. The van der Waals surface area contributed by atoms with Gasteiger partial charge in [-0.05, 0) is 26.1 Å². The molecule has 0 aliphatic carbocycles. The molecule has 2 aromatic heterocycles. The first-order chi connectivity index (χ1) is 10.1. The molecule has 0 aromatic carbocycles. The fourth-order valence-electron chi connectivity index (χ4n) is 1.71. The summed E-state index contributed by atoms with van der Waals surface area (Å²) >= 11 is 4.69. The summed E-state index contributed by atoms with van der Waals surface area (Å²) in [4.78, 5) is 23.3. The van der Waals surface area contributed by atoms with E-state index in [2.05, 4.69) is 10.5 Å². The van der Waals surface area contributed by atoms with E-state index >= 15 is 0 Å². The maximum Gasteiger partial charge on any atom is 0.453 e. The highest BCUT2D eigenvalue weighted by molar-refractivity contribution is 7.71. The van der Waals surface area contributed by atoms with Gasteiger partial charge in [-0.3, -0.25) is 15.0 Å². The van der Waals surface area contributed by atoms with Gasteiger partial charge in [-0.1, -0.05) is 0 Å². The van der Waals surface area contributed by atoms with Crippen LogP contribution in [0.1, 0.15) is 28.9 Å². The Labute approximate surface area is 125 Å². The van der Waals surface area contributed by atoms with E-state index < -0.39 is 39.4 Å². The molecule has 0 bridgehead atoms. The minimum atomic E-state index is -4.80. The molecule has 2 heterocycles. The van der Waals surface area contributed by atoms with Gasteiger partial charge in [0, 0.05) is 6.07 Å². The molecule has 0 amide bonds. The van der Waals surface area contributed by atoms with Crippen LogP contribution in [-0.4, -0.2) is 20.7 Å². The maximum atomic E-state index is 12.8. The van der Waals surface area contributed by atoms with Crippen LogP contribution in [0.25, 0.3) is 0 Å². The lowest BCUT2D eigenvalue weighted by Gasteiger charge is -2.12. The molecule has 0 aliphatic rings. The minimum absolute atomic E-state index is 0.112. The summed E-state index contributed by atoms with van der Waals surface area (Å²) in [7, 11) is 0. The van der Waals surface area contributed by atoms with Gasteiger partial charge >= 0.3 is 6.18 Å². The molecule has 0 fully saturated rings. The van der Waals surface area contributed by atoms with Gasteiger partial charge in [-0.15, -0.1) is 5.10 Å². The molecular weight excluding hydrogens is 325 g/mol. The van der Waals surface area contributed by atoms with E-state index in [0.717, 1.165) is 13.0 Å². The van der Waals surface area contributed by atoms with Crippen molar-refractivity contribution in [3.8, 4) is 0 Å². The van der Waals surface area contributed by atoms with Crippen molar-refractivity contribution in [3.05, 3.63) is 38.2 Å². The van der Waals surface area contributed by atoms with Crippen LogP contribution in [0.4, 0.5) is 19.1 Å². The number of ketones is 1. The van der Waals surface area contributed by atoms with E-state index in [0.29, 0.717) is 4.68 Å². The molecule has 0 aliphatic heterocycles. The summed E-state index contributed by atoms with van der Waals surface area (Å²) in [6, 6.07) is 1.06. The smallest absolute Gasteiger partial charge is 0.443 e. The average Bonchev–Trinajstić information content (AvgIpc) is 2.69. The van der Waals surface area contributed by atoms with Crippen LogP contribution in [0.5, 0.6) is 0 Å². The Morgan fingerprint density at radius 1 is 1.50 bits per heavy atom. The first-order valence-corrected chi connectivity index (χ1v) is 6.19. The van der Waals surface area contributed by atoms with Gasteiger partial charge in [-0.25, -0.2) is 9.77 Å². The normalized spacial score (nSPS) is 11.5. The van der Waals surface area contributed by atoms with Crippen molar-refractivity contribution >= 4 is 23.9 Å². The first-order valence-electron chi connectivity index (χ1n) is 5.78. The molecule has 0 saturated heterocycles. The largest absolute Gasteiger partial charge is 0.453 e. The highest BCUT2D eigenvalue weighted by Crippen LogP contribution is 2.28. The SMILES string of the molecule is CC(=O)c1c(Nn2c(C(F)(F)F)n[nH]c2=S)oc(C)cc1=O. The number of H-pyrrole nitrogens is 1. The number of carbonyl (C=O) groups excluding carboxylic acids is 1. The zero-order valence-corrected chi connectivity index (χ0v) is 12.1. The zero-order chi connectivity index (χ0) is 16.7. The van der Waals surface area contributed by atoms with Crippen molar-refractivity contribution in [1.29, 1.82) is 0 Å². The minimum Gasteiger partial charge on any atom is -0.443 e. The van der Waals surface area contributed by atoms with Crippen LogP contribution in [-0.2, 0) is 6.18 Å². The molecule has 2 aromatic rings. The van der Waals surface area contributed by atoms with E-state index in [1.54, 1.807) is 0 Å². The number of rotatable bonds is 3. The summed E-state index contributed by atoms with van der Waals surface area (Å²) in [6.45, 7) is 2.50. The van der Waals surface area contributed by atoms with Crippen molar-refractivity contribution in [3.63, 3.8) is 0 Å². The van der Waals surface area contributed by atoms with E-state index in [9.17, 15) is 22.8 Å². The molecular formula is C11H9F3N4O3S. The maximum absolute atomic E-state index is 12.8. The summed E-state index contributed by atoms with van der Waals surface area (Å²) < 4.78 is 43.6. The van der Waals surface area contributed by atoms with E-state index in [1.165, 1.54) is 6.92 Å². The van der Waals surface area contributed by atoms with Crippen LogP contribution in [0.2, 0.25) is 0 Å². The van der Waals surface area contributed by atoms with Crippen molar-refractivity contribution in [2.45, 2.75) is 20.0 Å². The van der Waals surface area contributed by atoms with Gasteiger partial charge in [0.05, 0.1) is 0 Å². The van der Waals surface area contributed by atoms with Crippen molar-refractivity contribution in [2.75, 3.05) is 5.43 Å². The molecule has 0 radical (unpaired) electrons. The number of carbonyl (C=O) groups is 1. The number of aromatic nitrogens is 3. The number of Topliss-reactive ketones (excluding diaryl/α,β-unsaturated/α-hetero) is 1. The second-order valence-electron chi connectivity index (χ2n) is 4.28. The summed E-state index contributed by atoms with van der Waals surface area (Å²) in [5, 5.41) is 5.03. The Morgan fingerprint density at radius 3 is 2.68 bits per heavy atom. The van der Waals surface area contributed by atoms with E-state index in [1.807, 2.05) is 5.10 Å². The summed E-state index contributed by atoms with van der Waals surface area (Å²) in [6.07, 6.45) is -4.80. The third-order valence-electron chi connectivity index (χ3n) is 2.56. The van der Waals surface area contributed by atoms with Gasteiger partial charge in [0.1, 0.15) is 11.3 Å². The van der Waals surface area contributed by atoms with Gasteiger partial charge < -0.3 is 4.42 Å². The predicted octanol–water partition coefficient (Wildman–Crippen LogP) is 2.30. The Bertz CT molecular complexity index is 849. The Morgan fingerprint density at radius 2 is 2.14 bits per heavy atom. The number of halogens is 3. The summed E-state index contributed by atoms with van der Waals surface area (Å²) in [5.41, 5.74) is 1.08. The molecule has 0 saturated carbocycles. The highest BCUT2D eigenvalue weighted by Gasteiger charge is 2.38. The van der Waals surface area contributed by atoms with Crippen molar-refractivity contribution in [1.82, 2.24) is 14.9 Å². The van der Waals surface area contributed by atoms with Crippen LogP contribution >= 0.6 is 12.2 Å². The fourth-order valence-corrected chi connectivity index (χ4v) is 1.89. The number of nitrogens with zero attached hydrogens (tertiary/aromatic N) is 2. The van der Waals surface area contributed by atoms with Gasteiger partial charge in [0.2, 0.25) is 10.7 Å². The number of hydrogen-bond acceptors (Lipinski definition) is 6. The third-order valence-corrected chi connectivity index (χ3v) is 2.84. The molecule has 0 unspecified atom stereocenters. The van der Waals surface area contributed by atoms with Crippen LogP contribution < -0.4 is 10.9 Å². The van der Waals surface area contributed by atoms with Crippen LogP contribution in [0.3, 0.4) is 0 Å². The van der Waals surface area contributed by atoms with Crippen LogP contribution in [0.15, 0.2) is 15.3 Å². The Balaban J connectivity index is 2.63. The highest BCUT2D eigenvalue weighted by atomic mass is 32.1. The standard InChI is InChI=1S/C11H9F3N4O3S/c1-4-3-6(20)7(5(2)19)8(21-4)17-18-9(11(12,13)14)15-16-10(18)22/h3,17H,1-2H3,(H,16,22). The molecule has 11 heteroatoms. The lowest BCUT2D eigenvalue weighted by molar-refractivity contribution is -0.146. The van der Waals surface area contributed by atoms with E-state index in [-0.39, 0.29) is 5.76 Å². The molecule has 2 rings (SSSR count). The Hall–Kier alpha value is -2.43. The average molecular weight is 334 g/mol. The monoisotopic (exact) mass is 334 g/mol. The van der Waals surface area contributed by atoms with Crippen molar-refractivity contribution < 1.29 is 22.4 Å². The summed E-state index contributed by atoms with van der Waals surface area (Å²) in [5.74, 6) is -2.38. The first kappa shape index (κ1) is 15.9. The molecule has 7 nitrogen and oxygen atoms in total.